The number of nitriles is 1. The van der Waals surface area contributed by atoms with Crippen LogP contribution in [-0.4, -0.2) is 60.4 Å². The molecule has 2 heterocycles. The lowest BCUT2D eigenvalue weighted by Gasteiger charge is -2.25. The van der Waals surface area contributed by atoms with Crippen LogP contribution < -0.4 is 16.0 Å². The molecule has 0 aliphatic carbocycles. The number of methoxy groups -OCH3 is 3. The molecule has 2 N–H and O–H groups in total. The summed E-state index contributed by atoms with van der Waals surface area (Å²) in [4.78, 5) is 25.6. The van der Waals surface area contributed by atoms with Gasteiger partial charge in [0.25, 0.3) is 5.56 Å². The molecular weight excluding hydrogens is 310 g/mol. The average molecular weight is 327 g/mol. The molecule has 0 spiro atoms. The predicted molar refractivity (Wildman–Crippen MR) is 75.0 cm³/mol. The van der Waals surface area contributed by atoms with Gasteiger partial charge in [0.1, 0.15) is 18.3 Å². The average Bonchev–Trinajstić information content (AvgIpc) is 2.80. The minimum atomic E-state index is -1.60. The lowest BCUT2D eigenvalue weighted by Crippen LogP contribution is -2.46. The Kier molecular flexibility index (Phi) is 4.86. The van der Waals surface area contributed by atoms with E-state index in [-0.39, 0.29) is 12.4 Å². The van der Waals surface area contributed by atoms with Gasteiger partial charge in [-0.2, -0.15) is 5.26 Å². The Labute approximate surface area is 130 Å². The van der Waals surface area contributed by atoms with E-state index in [0.717, 1.165) is 10.8 Å². The standard InChI is InChI=1S/C13H17N3O7/c1-20-6-13(5-14)9(22-3)8(17)11(23-13)16-4-7(21-2)10(18)15-12(16)19/h4,8-9,11,17H,6H2,1-3H3,(H,15,18,19)/t8-,9?,11+,13+/m0/s1. The highest BCUT2D eigenvalue weighted by Gasteiger charge is 2.57. The number of H-pyrrole nitrogens is 1. The largest absolute Gasteiger partial charge is 0.490 e. The molecule has 1 aliphatic heterocycles. The molecule has 4 atom stereocenters. The molecular formula is C13H17N3O7. The normalized spacial score (nSPS) is 30.1. The highest BCUT2D eigenvalue weighted by atomic mass is 16.6. The number of aliphatic hydroxyl groups is 1. The monoisotopic (exact) mass is 327 g/mol. The molecule has 1 saturated heterocycles. The van der Waals surface area contributed by atoms with E-state index in [2.05, 4.69) is 0 Å². The molecule has 2 rings (SSSR count). The Morgan fingerprint density at radius 2 is 2.17 bits per heavy atom. The van der Waals surface area contributed by atoms with Crippen LogP contribution in [0.5, 0.6) is 5.75 Å². The van der Waals surface area contributed by atoms with E-state index in [9.17, 15) is 20.0 Å². The van der Waals surface area contributed by atoms with Crippen molar-refractivity contribution in [3.63, 3.8) is 0 Å². The molecule has 10 heteroatoms. The van der Waals surface area contributed by atoms with E-state index < -0.39 is 35.3 Å². The van der Waals surface area contributed by atoms with Crippen molar-refractivity contribution in [2.24, 2.45) is 0 Å². The van der Waals surface area contributed by atoms with E-state index in [1.165, 1.54) is 21.3 Å². The van der Waals surface area contributed by atoms with Gasteiger partial charge in [-0.15, -0.1) is 0 Å². The fraction of sp³-hybridized carbons (Fsp3) is 0.615. The Morgan fingerprint density at radius 1 is 1.48 bits per heavy atom. The highest BCUT2D eigenvalue weighted by molar-refractivity contribution is 5.17. The van der Waals surface area contributed by atoms with E-state index in [1.54, 1.807) is 0 Å². The smallest absolute Gasteiger partial charge is 0.330 e. The maximum Gasteiger partial charge on any atom is 0.330 e. The summed E-state index contributed by atoms with van der Waals surface area (Å²) in [5.41, 5.74) is -3.13. The number of aromatic amines is 1. The lowest BCUT2D eigenvalue weighted by atomic mass is 9.97. The molecule has 0 saturated carbocycles. The summed E-state index contributed by atoms with van der Waals surface area (Å²) in [6, 6.07) is 1.92. The maximum atomic E-state index is 12.0. The summed E-state index contributed by atoms with van der Waals surface area (Å²) >= 11 is 0. The van der Waals surface area contributed by atoms with Crippen molar-refractivity contribution in [3.8, 4) is 11.8 Å². The lowest BCUT2D eigenvalue weighted by molar-refractivity contribution is -0.107. The van der Waals surface area contributed by atoms with Gasteiger partial charge >= 0.3 is 5.69 Å². The zero-order valence-corrected chi connectivity index (χ0v) is 12.8. The van der Waals surface area contributed by atoms with Crippen LogP contribution in [0.4, 0.5) is 0 Å². The van der Waals surface area contributed by atoms with Crippen LogP contribution in [0.2, 0.25) is 0 Å². The van der Waals surface area contributed by atoms with Gasteiger partial charge in [-0.05, 0) is 0 Å². The zero-order chi connectivity index (χ0) is 17.2. The van der Waals surface area contributed by atoms with E-state index in [4.69, 9.17) is 18.9 Å². The van der Waals surface area contributed by atoms with Crippen molar-refractivity contribution < 1.29 is 24.1 Å². The third kappa shape index (κ3) is 2.75. The molecule has 1 aliphatic rings. The number of nitrogens with one attached hydrogen (secondary N) is 1. The fourth-order valence-corrected chi connectivity index (χ4v) is 2.58. The van der Waals surface area contributed by atoms with Gasteiger partial charge in [-0.3, -0.25) is 14.3 Å². The number of hydrogen-bond acceptors (Lipinski definition) is 8. The Balaban J connectivity index is 2.52. The SMILES string of the molecule is COC[C@@]1(C#N)O[C@@H](n2cc(OC)c(=O)[nH]c2=O)[C@@H](O)C1OC. The summed E-state index contributed by atoms with van der Waals surface area (Å²) in [6.45, 7) is -0.176. The molecule has 0 amide bonds. The van der Waals surface area contributed by atoms with Gasteiger partial charge in [-0.1, -0.05) is 0 Å². The van der Waals surface area contributed by atoms with Crippen LogP contribution in [0, 0.1) is 11.3 Å². The van der Waals surface area contributed by atoms with Crippen molar-refractivity contribution in [1.29, 1.82) is 5.26 Å². The number of aromatic nitrogens is 2. The molecule has 1 fully saturated rings. The van der Waals surface area contributed by atoms with E-state index in [1.807, 2.05) is 11.1 Å². The van der Waals surface area contributed by atoms with Crippen molar-refractivity contribution in [2.45, 2.75) is 24.0 Å². The summed E-state index contributed by atoms with van der Waals surface area (Å²) in [5.74, 6) is -0.143. The predicted octanol–water partition coefficient (Wildman–Crippen LogP) is -1.64. The summed E-state index contributed by atoms with van der Waals surface area (Å²) < 4.78 is 21.5. The first-order valence-corrected chi connectivity index (χ1v) is 6.62. The van der Waals surface area contributed by atoms with Crippen LogP contribution >= 0.6 is 0 Å². The molecule has 0 aromatic carbocycles. The second kappa shape index (κ2) is 6.51. The Morgan fingerprint density at radius 3 is 2.70 bits per heavy atom. The number of rotatable bonds is 5. The summed E-state index contributed by atoms with van der Waals surface area (Å²) in [6.07, 6.45) is -2.56. The Hall–Kier alpha value is -2.19. The molecule has 1 unspecified atom stereocenters. The molecule has 10 nitrogen and oxygen atoms in total. The van der Waals surface area contributed by atoms with Crippen molar-refractivity contribution in [1.82, 2.24) is 9.55 Å². The molecule has 23 heavy (non-hydrogen) atoms. The van der Waals surface area contributed by atoms with Gasteiger partial charge in [-0.25, -0.2) is 4.79 Å². The first kappa shape index (κ1) is 17.2. The van der Waals surface area contributed by atoms with E-state index >= 15 is 0 Å². The quantitative estimate of drug-likeness (QED) is 0.657. The zero-order valence-electron chi connectivity index (χ0n) is 12.8. The second-order valence-electron chi connectivity index (χ2n) is 4.95. The number of ether oxygens (including phenoxy) is 4. The van der Waals surface area contributed by atoms with Gasteiger partial charge in [0.15, 0.2) is 6.23 Å². The van der Waals surface area contributed by atoms with Crippen molar-refractivity contribution in [3.05, 3.63) is 27.0 Å². The third-order valence-corrected chi connectivity index (χ3v) is 3.62. The number of nitrogens with zero attached hydrogens (tertiary/aromatic N) is 2. The van der Waals surface area contributed by atoms with Gasteiger partial charge in [0.2, 0.25) is 11.4 Å². The number of hydrogen-bond donors (Lipinski definition) is 2. The second-order valence-corrected chi connectivity index (χ2v) is 4.95. The minimum absolute atomic E-state index is 0.143. The number of aliphatic hydroxyl groups excluding tert-OH is 1. The summed E-state index contributed by atoms with van der Waals surface area (Å²) in [7, 11) is 3.93. The Bertz CT molecular complexity index is 722. The highest BCUT2D eigenvalue weighted by Crippen LogP contribution is 2.38. The van der Waals surface area contributed by atoms with E-state index in [0.29, 0.717) is 0 Å². The molecule has 0 bridgehead atoms. The minimum Gasteiger partial charge on any atom is -0.490 e. The van der Waals surface area contributed by atoms with Crippen LogP contribution in [0.15, 0.2) is 15.8 Å². The maximum absolute atomic E-state index is 12.0. The van der Waals surface area contributed by atoms with Crippen LogP contribution in [-0.2, 0) is 14.2 Å². The van der Waals surface area contributed by atoms with Crippen molar-refractivity contribution in [2.75, 3.05) is 27.9 Å². The summed E-state index contributed by atoms with van der Waals surface area (Å²) in [5, 5.41) is 19.8. The van der Waals surface area contributed by atoms with Crippen LogP contribution in [0.3, 0.4) is 0 Å². The first-order valence-electron chi connectivity index (χ1n) is 6.62. The molecule has 126 valence electrons. The first-order chi connectivity index (χ1) is 10.9. The van der Waals surface area contributed by atoms with Gasteiger partial charge in [0.05, 0.1) is 19.9 Å². The molecule has 0 radical (unpaired) electrons. The molecule has 1 aromatic rings. The molecule has 1 aromatic heterocycles. The van der Waals surface area contributed by atoms with Crippen LogP contribution in [0.25, 0.3) is 0 Å². The topological polar surface area (TPSA) is 136 Å². The van der Waals surface area contributed by atoms with Crippen molar-refractivity contribution >= 4 is 0 Å². The van der Waals surface area contributed by atoms with Crippen LogP contribution in [0.1, 0.15) is 6.23 Å². The van der Waals surface area contributed by atoms with Gasteiger partial charge < -0.3 is 24.1 Å². The third-order valence-electron chi connectivity index (χ3n) is 3.62. The fourth-order valence-electron chi connectivity index (χ4n) is 2.58. The van der Waals surface area contributed by atoms with Gasteiger partial charge in [0, 0.05) is 14.2 Å².